The number of benzene rings is 2. The number of fused-ring (bicyclic) bond motifs is 2. The third kappa shape index (κ3) is 4.19. The zero-order valence-corrected chi connectivity index (χ0v) is 18.0. The minimum Gasteiger partial charge on any atom is -0.481 e. The fourth-order valence-electron chi connectivity index (χ4n) is 3.81. The Morgan fingerprint density at radius 1 is 1.10 bits per heavy atom. The van der Waals surface area contributed by atoms with Crippen LogP contribution in [-0.2, 0) is 4.79 Å². The molecule has 29 heavy (non-hydrogen) atoms. The summed E-state index contributed by atoms with van der Waals surface area (Å²) in [5.74, 6) is 0.277. The van der Waals surface area contributed by atoms with E-state index in [0.717, 1.165) is 37.7 Å². The molecule has 0 aliphatic carbocycles. The molecule has 0 bridgehead atoms. The van der Waals surface area contributed by atoms with Gasteiger partial charge in [-0.3, -0.25) is 9.69 Å². The van der Waals surface area contributed by atoms with Crippen LogP contribution < -0.4 is 0 Å². The van der Waals surface area contributed by atoms with Gasteiger partial charge in [-0.2, -0.15) is 0 Å². The fraction of sp³-hybridized carbons (Fsp3) is 0.391. The Hall–Kier alpha value is -2.31. The summed E-state index contributed by atoms with van der Waals surface area (Å²) in [5.41, 5.74) is 2.69. The molecule has 1 fully saturated rings. The van der Waals surface area contributed by atoms with Crippen LogP contribution in [0.15, 0.2) is 57.2 Å². The minimum atomic E-state index is -0.745. The summed E-state index contributed by atoms with van der Waals surface area (Å²) in [5, 5.41) is 9.42. The highest BCUT2D eigenvalue weighted by Gasteiger charge is 2.32. The van der Waals surface area contributed by atoms with Gasteiger partial charge in [-0.05, 0) is 44.5 Å². The molecule has 0 unspecified atom stereocenters. The van der Waals surface area contributed by atoms with E-state index >= 15 is 0 Å². The number of aliphatic imine (C=N–C) groups is 1. The van der Waals surface area contributed by atoms with E-state index in [1.54, 1.807) is 25.6 Å². The highest BCUT2D eigenvalue weighted by molar-refractivity contribution is 7.99. The summed E-state index contributed by atoms with van der Waals surface area (Å²) >= 11 is 1.78. The number of amidine groups is 1. The first kappa shape index (κ1) is 20.0. The van der Waals surface area contributed by atoms with Crippen LogP contribution in [0.1, 0.15) is 25.0 Å². The molecule has 6 heteroatoms. The van der Waals surface area contributed by atoms with Gasteiger partial charge in [0, 0.05) is 48.1 Å². The monoisotopic (exact) mass is 409 g/mol. The smallest absolute Gasteiger partial charge is 0.310 e. The molecule has 0 aromatic heterocycles. The topological polar surface area (TPSA) is 56.1 Å². The van der Waals surface area contributed by atoms with E-state index in [4.69, 9.17) is 4.99 Å². The first-order chi connectivity index (χ1) is 13.8. The van der Waals surface area contributed by atoms with Gasteiger partial charge in [-0.1, -0.05) is 36.0 Å². The zero-order chi connectivity index (χ0) is 20.6. The maximum atomic E-state index is 11.5. The fourth-order valence-corrected chi connectivity index (χ4v) is 4.93. The van der Waals surface area contributed by atoms with Gasteiger partial charge in [0.1, 0.15) is 5.84 Å². The summed E-state index contributed by atoms with van der Waals surface area (Å²) in [6, 6.07) is 14.9. The van der Waals surface area contributed by atoms with E-state index in [1.807, 2.05) is 0 Å². The average Bonchev–Trinajstić information content (AvgIpc) is 2.84. The molecule has 2 aromatic carbocycles. The predicted molar refractivity (Wildman–Crippen MR) is 117 cm³/mol. The minimum absolute atomic E-state index is 0.567. The van der Waals surface area contributed by atoms with Crippen LogP contribution in [0.5, 0.6) is 0 Å². The lowest BCUT2D eigenvalue weighted by atomic mass is 9.93. The Kier molecular flexibility index (Phi) is 5.40. The molecule has 2 aliphatic heterocycles. The summed E-state index contributed by atoms with van der Waals surface area (Å²) in [6.07, 6.45) is 0. The molecule has 5 nitrogen and oxygen atoms in total. The number of aryl methyl sites for hydroxylation is 1. The molecule has 1 N–H and O–H groups in total. The normalized spacial score (nSPS) is 17.2. The first-order valence-corrected chi connectivity index (χ1v) is 10.8. The summed E-state index contributed by atoms with van der Waals surface area (Å²) in [4.78, 5) is 23.6. The lowest BCUT2D eigenvalue weighted by molar-refractivity contribution is -0.148. The molecule has 2 aliphatic rings. The summed E-state index contributed by atoms with van der Waals surface area (Å²) < 4.78 is 0. The molecule has 0 saturated carbocycles. The first-order valence-electron chi connectivity index (χ1n) is 10.0. The molecule has 2 heterocycles. The Bertz CT molecular complexity index is 962. The molecule has 0 amide bonds. The second-order valence-electron chi connectivity index (χ2n) is 8.46. The van der Waals surface area contributed by atoms with Gasteiger partial charge in [-0.15, -0.1) is 0 Å². The van der Waals surface area contributed by atoms with Crippen LogP contribution in [-0.4, -0.2) is 59.4 Å². The van der Waals surface area contributed by atoms with Gasteiger partial charge in [0.25, 0.3) is 0 Å². The number of carboxylic acid groups (broad SMARTS) is 1. The summed E-state index contributed by atoms with van der Waals surface area (Å²) in [7, 11) is 0. The predicted octanol–water partition coefficient (Wildman–Crippen LogP) is 4.27. The van der Waals surface area contributed by atoms with Crippen molar-refractivity contribution in [3.05, 3.63) is 53.6 Å². The molecular weight excluding hydrogens is 382 g/mol. The Morgan fingerprint density at radius 3 is 2.55 bits per heavy atom. The summed E-state index contributed by atoms with van der Waals surface area (Å²) in [6.45, 7) is 9.63. The molecule has 4 rings (SSSR count). The maximum Gasteiger partial charge on any atom is 0.310 e. The number of rotatable bonds is 3. The van der Waals surface area contributed by atoms with Crippen molar-refractivity contribution >= 4 is 29.3 Å². The zero-order valence-electron chi connectivity index (χ0n) is 17.2. The molecule has 2 aromatic rings. The highest BCUT2D eigenvalue weighted by Crippen LogP contribution is 2.41. The Labute approximate surface area is 176 Å². The van der Waals surface area contributed by atoms with Crippen molar-refractivity contribution in [1.82, 2.24) is 9.80 Å². The van der Waals surface area contributed by atoms with Crippen molar-refractivity contribution in [3.63, 3.8) is 0 Å². The van der Waals surface area contributed by atoms with Crippen molar-refractivity contribution in [1.29, 1.82) is 0 Å². The molecular formula is C23H27N3O2S. The molecule has 1 saturated heterocycles. The second kappa shape index (κ2) is 7.84. The lowest BCUT2D eigenvalue weighted by Crippen LogP contribution is -2.52. The second-order valence-corrected chi connectivity index (χ2v) is 9.54. The number of aliphatic carboxylic acids is 1. The van der Waals surface area contributed by atoms with Gasteiger partial charge in [-0.25, -0.2) is 4.99 Å². The van der Waals surface area contributed by atoms with Gasteiger partial charge in [0.15, 0.2) is 0 Å². The van der Waals surface area contributed by atoms with E-state index in [0.29, 0.717) is 6.54 Å². The van der Waals surface area contributed by atoms with Gasteiger partial charge >= 0.3 is 5.97 Å². The van der Waals surface area contributed by atoms with Crippen LogP contribution in [0.2, 0.25) is 0 Å². The number of nitrogens with zero attached hydrogens (tertiary/aromatic N) is 3. The van der Waals surface area contributed by atoms with Crippen molar-refractivity contribution in [2.75, 3.05) is 32.7 Å². The number of hydrogen-bond acceptors (Lipinski definition) is 5. The average molecular weight is 410 g/mol. The number of hydrogen-bond donors (Lipinski definition) is 1. The molecule has 0 spiro atoms. The van der Waals surface area contributed by atoms with E-state index in [1.165, 1.54) is 20.9 Å². The van der Waals surface area contributed by atoms with E-state index in [2.05, 4.69) is 59.2 Å². The van der Waals surface area contributed by atoms with Crippen molar-refractivity contribution in [2.24, 2.45) is 10.4 Å². The third-order valence-electron chi connectivity index (χ3n) is 5.56. The number of carboxylic acids is 1. The lowest BCUT2D eigenvalue weighted by Gasteiger charge is -2.39. The molecule has 0 atom stereocenters. The standard InChI is InChI=1S/C23H27N3O2S/c1-16-8-9-18-20(14-16)29-19-7-5-4-6-17(19)21(24-18)26-12-10-25(11-13-26)15-23(2,3)22(27)28/h4-9,14H,10-13,15H2,1-3H3,(H,27,28). The quantitative estimate of drug-likeness (QED) is 0.821. The van der Waals surface area contributed by atoms with Crippen molar-refractivity contribution in [2.45, 2.75) is 30.6 Å². The van der Waals surface area contributed by atoms with Crippen LogP contribution in [0, 0.1) is 12.3 Å². The number of piperazine rings is 1. The van der Waals surface area contributed by atoms with Crippen LogP contribution in [0.4, 0.5) is 5.69 Å². The maximum absolute atomic E-state index is 11.5. The van der Waals surface area contributed by atoms with Gasteiger partial charge in [0.2, 0.25) is 0 Å². The van der Waals surface area contributed by atoms with E-state index in [9.17, 15) is 9.90 Å². The van der Waals surface area contributed by atoms with E-state index < -0.39 is 11.4 Å². The van der Waals surface area contributed by atoms with Gasteiger partial charge in [0.05, 0.1) is 11.1 Å². The van der Waals surface area contributed by atoms with Gasteiger partial charge < -0.3 is 10.0 Å². The Morgan fingerprint density at radius 2 is 1.83 bits per heavy atom. The highest BCUT2D eigenvalue weighted by atomic mass is 32.2. The molecule has 152 valence electrons. The third-order valence-corrected chi connectivity index (χ3v) is 6.68. The van der Waals surface area contributed by atoms with Crippen LogP contribution in [0.3, 0.4) is 0 Å². The molecule has 0 radical (unpaired) electrons. The van der Waals surface area contributed by atoms with Crippen LogP contribution in [0.25, 0.3) is 0 Å². The number of carbonyl (C=O) groups is 1. The Balaban J connectivity index is 1.59. The SMILES string of the molecule is Cc1ccc2c(c1)Sc1ccccc1C(N1CCN(CC(C)(C)C(=O)O)CC1)=N2. The van der Waals surface area contributed by atoms with Crippen LogP contribution >= 0.6 is 11.8 Å². The largest absolute Gasteiger partial charge is 0.481 e. The van der Waals surface area contributed by atoms with E-state index in [-0.39, 0.29) is 0 Å². The van der Waals surface area contributed by atoms with Crippen molar-refractivity contribution in [3.8, 4) is 0 Å². The van der Waals surface area contributed by atoms with Crippen molar-refractivity contribution < 1.29 is 9.90 Å².